The van der Waals surface area contributed by atoms with E-state index in [9.17, 15) is 0 Å². The maximum atomic E-state index is 5.86. The number of hydrogen-bond acceptors (Lipinski definition) is 1. The van der Waals surface area contributed by atoms with Gasteiger partial charge in [0.05, 0.1) is 5.54 Å². The molecule has 0 aliphatic heterocycles. The molecular formula is C14H16Cl2O. The monoisotopic (exact) mass is 270 g/mol. The summed E-state index contributed by atoms with van der Waals surface area (Å²) in [7, 11) is 0. The van der Waals surface area contributed by atoms with Crippen molar-refractivity contribution >= 4 is 23.2 Å². The van der Waals surface area contributed by atoms with E-state index >= 15 is 0 Å². The molecule has 0 saturated heterocycles. The lowest BCUT2D eigenvalue weighted by atomic mass is 9.81. The number of halogens is 2. The number of ether oxygens (including phenoxy) is 1. The van der Waals surface area contributed by atoms with E-state index < -0.39 is 0 Å². The molecule has 0 amide bonds. The molecule has 1 aromatic carbocycles. The molecule has 0 aromatic heterocycles. The first-order chi connectivity index (χ1) is 8.31. The molecule has 1 fully saturated rings. The van der Waals surface area contributed by atoms with E-state index in [1.165, 1.54) is 23.9 Å². The zero-order valence-corrected chi connectivity index (χ0v) is 11.1. The fraction of sp³-hybridized carbons (Fsp3) is 0.429. The highest BCUT2D eigenvalue weighted by molar-refractivity contribution is 6.35. The van der Waals surface area contributed by atoms with E-state index in [4.69, 9.17) is 27.9 Å². The minimum Gasteiger partial charge on any atom is -0.478 e. The predicted octanol–water partition coefficient (Wildman–Crippen LogP) is 5.01. The predicted molar refractivity (Wildman–Crippen MR) is 72.3 cm³/mol. The van der Waals surface area contributed by atoms with Crippen LogP contribution in [0.2, 0.25) is 0 Å². The van der Waals surface area contributed by atoms with Crippen LogP contribution >= 0.6 is 23.2 Å². The van der Waals surface area contributed by atoms with Crippen molar-refractivity contribution in [2.24, 2.45) is 0 Å². The third-order valence-corrected chi connectivity index (χ3v) is 3.79. The molecule has 1 aromatic rings. The molecule has 0 radical (unpaired) electrons. The Labute approximate surface area is 112 Å². The summed E-state index contributed by atoms with van der Waals surface area (Å²) in [6, 6.07) is 10.5. The summed E-state index contributed by atoms with van der Waals surface area (Å²) in [5.41, 5.74) is 2.62. The van der Waals surface area contributed by atoms with Crippen molar-refractivity contribution in [1.29, 1.82) is 0 Å². The van der Waals surface area contributed by atoms with E-state index in [1.54, 1.807) is 0 Å². The molecule has 0 spiro atoms. The van der Waals surface area contributed by atoms with Crippen LogP contribution in [0.3, 0.4) is 0 Å². The summed E-state index contributed by atoms with van der Waals surface area (Å²) >= 11 is 11.4. The molecule has 1 aliphatic rings. The topological polar surface area (TPSA) is 9.23 Å². The van der Waals surface area contributed by atoms with Crippen LogP contribution in [0, 0.1) is 0 Å². The van der Waals surface area contributed by atoms with Crippen molar-refractivity contribution in [2.45, 2.75) is 37.7 Å². The average molecular weight is 271 g/mol. The van der Waals surface area contributed by atoms with Gasteiger partial charge >= 0.3 is 0 Å². The highest BCUT2D eigenvalue weighted by Gasteiger charge is 2.28. The molecule has 1 nitrogen and oxygen atoms in total. The average Bonchev–Trinajstić information content (AvgIpc) is 2.40. The van der Waals surface area contributed by atoms with E-state index in [1.807, 2.05) is 6.07 Å². The van der Waals surface area contributed by atoms with Gasteiger partial charge in [0.1, 0.15) is 6.10 Å². The minimum absolute atomic E-state index is 0.147. The Balaban J connectivity index is 2.12. The standard InChI is InChI=1S/C14H16Cl2O/c15-10-14(16)17-13-9-5-4-8-12(13)11-6-2-1-3-7-11/h1-3,6-7,10,12-13H,4-5,8-9H2/b14-10-/t12-,13+/m0/s1. The van der Waals surface area contributed by atoms with Gasteiger partial charge in [-0.15, -0.1) is 0 Å². The highest BCUT2D eigenvalue weighted by atomic mass is 35.5. The van der Waals surface area contributed by atoms with Crippen LogP contribution in [0.15, 0.2) is 41.1 Å². The van der Waals surface area contributed by atoms with E-state index in [0.29, 0.717) is 11.1 Å². The molecule has 0 heterocycles. The summed E-state index contributed by atoms with van der Waals surface area (Å²) in [4.78, 5) is 0. The number of hydrogen-bond donors (Lipinski definition) is 0. The largest absolute Gasteiger partial charge is 0.478 e. The zero-order chi connectivity index (χ0) is 12.1. The maximum absolute atomic E-state index is 5.86. The Bertz CT molecular complexity index is 375. The Hall–Kier alpha value is -0.660. The van der Waals surface area contributed by atoms with Gasteiger partial charge in [0, 0.05) is 5.92 Å². The van der Waals surface area contributed by atoms with Crippen LogP contribution < -0.4 is 0 Å². The lowest BCUT2D eigenvalue weighted by molar-refractivity contribution is 0.0772. The van der Waals surface area contributed by atoms with Gasteiger partial charge in [0.15, 0.2) is 5.22 Å². The summed E-state index contributed by atoms with van der Waals surface area (Å²) < 4.78 is 5.70. The smallest absolute Gasteiger partial charge is 0.198 e. The Kier molecular flexibility index (Phi) is 4.75. The Morgan fingerprint density at radius 3 is 2.59 bits per heavy atom. The summed E-state index contributed by atoms with van der Waals surface area (Å²) in [6.45, 7) is 0. The number of benzene rings is 1. The fourth-order valence-corrected chi connectivity index (χ4v) is 2.66. The molecule has 2 rings (SSSR count). The third kappa shape index (κ3) is 3.40. The minimum atomic E-state index is 0.147. The maximum Gasteiger partial charge on any atom is 0.198 e. The molecule has 3 heteroatoms. The van der Waals surface area contributed by atoms with Gasteiger partial charge in [-0.3, -0.25) is 0 Å². The first kappa shape index (κ1) is 12.8. The van der Waals surface area contributed by atoms with Crippen molar-refractivity contribution in [3.8, 4) is 0 Å². The van der Waals surface area contributed by atoms with Crippen LogP contribution in [0.1, 0.15) is 37.2 Å². The third-order valence-electron chi connectivity index (χ3n) is 3.28. The van der Waals surface area contributed by atoms with Crippen molar-refractivity contribution in [1.82, 2.24) is 0 Å². The van der Waals surface area contributed by atoms with Crippen molar-refractivity contribution in [2.75, 3.05) is 0 Å². The van der Waals surface area contributed by atoms with E-state index in [2.05, 4.69) is 24.3 Å². The van der Waals surface area contributed by atoms with Crippen LogP contribution in [0.25, 0.3) is 0 Å². The lowest BCUT2D eigenvalue weighted by Crippen LogP contribution is -2.25. The summed E-state index contributed by atoms with van der Waals surface area (Å²) in [5.74, 6) is 0.426. The van der Waals surface area contributed by atoms with Gasteiger partial charge in [0.25, 0.3) is 0 Å². The summed E-state index contributed by atoms with van der Waals surface area (Å²) in [6.07, 6.45) is 4.79. The van der Waals surface area contributed by atoms with Gasteiger partial charge in [-0.1, -0.05) is 48.4 Å². The molecule has 0 unspecified atom stereocenters. The second kappa shape index (κ2) is 6.32. The molecule has 17 heavy (non-hydrogen) atoms. The first-order valence-corrected chi connectivity index (χ1v) is 6.80. The van der Waals surface area contributed by atoms with Crippen LogP contribution in [0.5, 0.6) is 0 Å². The highest BCUT2D eigenvalue weighted by Crippen LogP contribution is 2.36. The van der Waals surface area contributed by atoms with E-state index in [-0.39, 0.29) is 6.10 Å². The van der Waals surface area contributed by atoms with Gasteiger partial charge in [-0.2, -0.15) is 0 Å². The van der Waals surface area contributed by atoms with Crippen LogP contribution in [-0.2, 0) is 4.74 Å². The van der Waals surface area contributed by atoms with Crippen molar-refractivity contribution in [3.63, 3.8) is 0 Å². The Morgan fingerprint density at radius 2 is 1.88 bits per heavy atom. The van der Waals surface area contributed by atoms with Crippen LogP contribution in [0.4, 0.5) is 0 Å². The van der Waals surface area contributed by atoms with Crippen LogP contribution in [-0.4, -0.2) is 6.10 Å². The van der Waals surface area contributed by atoms with Gasteiger partial charge in [0.2, 0.25) is 0 Å². The summed E-state index contributed by atoms with van der Waals surface area (Å²) in [5, 5.41) is 0.291. The molecule has 92 valence electrons. The van der Waals surface area contributed by atoms with E-state index in [0.717, 1.165) is 12.8 Å². The lowest BCUT2D eigenvalue weighted by Gasteiger charge is -2.31. The first-order valence-electron chi connectivity index (χ1n) is 5.98. The molecule has 2 atom stereocenters. The van der Waals surface area contributed by atoms with Crippen molar-refractivity contribution < 1.29 is 4.74 Å². The second-order valence-corrected chi connectivity index (χ2v) is 4.96. The van der Waals surface area contributed by atoms with Gasteiger partial charge < -0.3 is 4.74 Å². The second-order valence-electron chi connectivity index (χ2n) is 4.37. The molecule has 1 aliphatic carbocycles. The molecular weight excluding hydrogens is 255 g/mol. The SMILES string of the molecule is Cl/C=C(/Cl)O[C@@H]1CCCC[C@H]1c1ccccc1. The fourth-order valence-electron chi connectivity index (χ4n) is 2.49. The van der Waals surface area contributed by atoms with Gasteiger partial charge in [-0.05, 0) is 36.4 Å². The Morgan fingerprint density at radius 1 is 1.18 bits per heavy atom. The number of rotatable bonds is 3. The van der Waals surface area contributed by atoms with Gasteiger partial charge in [-0.25, -0.2) is 0 Å². The molecule has 0 N–H and O–H groups in total. The molecule has 1 saturated carbocycles. The zero-order valence-electron chi connectivity index (χ0n) is 9.61. The van der Waals surface area contributed by atoms with Crippen molar-refractivity contribution in [3.05, 3.63) is 46.6 Å². The quantitative estimate of drug-likeness (QED) is 0.702. The normalized spacial score (nSPS) is 25.6. The molecule has 0 bridgehead atoms.